The number of amides is 1. The molecule has 0 aliphatic rings. The molecule has 2 rings (SSSR count). The first-order valence-electron chi connectivity index (χ1n) is 5.29. The number of benzene rings is 1. The lowest BCUT2D eigenvalue weighted by Crippen LogP contribution is -2.15. The van der Waals surface area contributed by atoms with Crippen LogP contribution < -0.4 is 11.1 Å². The monoisotopic (exact) mass is 263 g/mol. The smallest absolute Gasteiger partial charge is 0.234 e. The Morgan fingerprint density at radius 1 is 1.56 bits per heavy atom. The number of carbonyl (C=O) groups excluding carboxylic acids is 1. The summed E-state index contributed by atoms with van der Waals surface area (Å²) in [7, 11) is 0. The van der Waals surface area contributed by atoms with Crippen LogP contribution in [0.1, 0.15) is 5.56 Å². The molecule has 0 saturated carbocycles. The fourth-order valence-corrected chi connectivity index (χ4v) is 1.96. The Balaban J connectivity index is 1.91. The molecular formula is C11H13N5OS. The number of nitrogens with zero attached hydrogens (tertiary/aromatic N) is 2. The molecule has 0 spiro atoms. The van der Waals surface area contributed by atoms with Gasteiger partial charge in [0.15, 0.2) is 5.16 Å². The number of thioether (sulfide) groups is 1. The molecule has 0 bridgehead atoms. The normalized spacial score (nSPS) is 10.3. The average Bonchev–Trinajstić information content (AvgIpc) is 2.83. The van der Waals surface area contributed by atoms with Gasteiger partial charge in [0.2, 0.25) is 5.91 Å². The van der Waals surface area contributed by atoms with E-state index < -0.39 is 0 Å². The molecule has 2 aromatic rings. The first-order chi connectivity index (χ1) is 8.65. The highest BCUT2D eigenvalue weighted by Crippen LogP contribution is 2.20. The summed E-state index contributed by atoms with van der Waals surface area (Å²) in [4.78, 5) is 15.6. The van der Waals surface area contributed by atoms with Gasteiger partial charge in [-0.15, -0.1) is 0 Å². The molecule has 4 N–H and O–H groups in total. The molecule has 1 aromatic carbocycles. The second kappa shape index (κ2) is 5.54. The lowest BCUT2D eigenvalue weighted by Gasteiger charge is -2.08. The number of nitrogens with two attached hydrogens (primary N) is 1. The van der Waals surface area contributed by atoms with Gasteiger partial charge in [0.05, 0.1) is 17.1 Å². The number of aromatic amines is 1. The second-order valence-electron chi connectivity index (χ2n) is 3.72. The molecule has 0 radical (unpaired) electrons. The van der Waals surface area contributed by atoms with E-state index in [1.807, 2.05) is 19.1 Å². The Bertz CT molecular complexity index is 540. The van der Waals surface area contributed by atoms with Gasteiger partial charge in [-0.05, 0) is 24.6 Å². The highest BCUT2D eigenvalue weighted by Gasteiger charge is 2.07. The van der Waals surface area contributed by atoms with E-state index in [1.54, 1.807) is 6.07 Å². The van der Waals surface area contributed by atoms with E-state index in [0.29, 0.717) is 16.5 Å². The van der Waals surface area contributed by atoms with Crippen molar-refractivity contribution in [2.45, 2.75) is 12.1 Å². The van der Waals surface area contributed by atoms with Crippen molar-refractivity contribution in [2.24, 2.45) is 0 Å². The molecule has 0 unspecified atom stereocenters. The Hall–Kier alpha value is -2.02. The van der Waals surface area contributed by atoms with Gasteiger partial charge >= 0.3 is 0 Å². The molecule has 18 heavy (non-hydrogen) atoms. The van der Waals surface area contributed by atoms with Crippen molar-refractivity contribution in [3.63, 3.8) is 0 Å². The fourth-order valence-electron chi connectivity index (χ4n) is 1.38. The van der Waals surface area contributed by atoms with Crippen LogP contribution in [0, 0.1) is 6.92 Å². The molecule has 1 heterocycles. The number of carbonyl (C=O) groups is 1. The Morgan fingerprint density at radius 2 is 2.39 bits per heavy atom. The van der Waals surface area contributed by atoms with Gasteiger partial charge in [-0.1, -0.05) is 17.8 Å². The predicted octanol–water partition coefficient (Wildman–Crippen LogP) is 1.43. The molecule has 0 aliphatic heterocycles. The SMILES string of the molecule is Cc1ccc(NC(=O)CSc2ncn[nH]2)c(N)c1. The Kier molecular flexibility index (Phi) is 3.83. The van der Waals surface area contributed by atoms with Gasteiger partial charge in [0.1, 0.15) is 6.33 Å². The summed E-state index contributed by atoms with van der Waals surface area (Å²) in [6.07, 6.45) is 1.40. The zero-order chi connectivity index (χ0) is 13.0. The van der Waals surface area contributed by atoms with Gasteiger partial charge in [-0.3, -0.25) is 9.89 Å². The van der Waals surface area contributed by atoms with Crippen molar-refractivity contribution in [1.82, 2.24) is 15.2 Å². The molecular weight excluding hydrogens is 250 g/mol. The summed E-state index contributed by atoms with van der Waals surface area (Å²) in [5.41, 5.74) is 8.06. The number of hydrogen-bond donors (Lipinski definition) is 3. The van der Waals surface area contributed by atoms with E-state index in [4.69, 9.17) is 5.73 Å². The van der Waals surface area contributed by atoms with Crippen molar-refractivity contribution in [3.05, 3.63) is 30.1 Å². The van der Waals surface area contributed by atoms with Crippen molar-refractivity contribution in [1.29, 1.82) is 0 Å². The zero-order valence-electron chi connectivity index (χ0n) is 9.80. The van der Waals surface area contributed by atoms with Gasteiger partial charge in [0, 0.05) is 0 Å². The zero-order valence-corrected chi connectivity index (χ0v) is 10.6. The molecule has 0 fully saturated rings. The van der Waals surface area contributed by atoms with Crippen LogP contribution in [0.4, 0.5) is 11.4 Å². The van der Waals surface area contributed by atoms with Crippen LogP contribution in [0.15, 0.2) is 29.7 Å². The van der Waals surface area contributed by atoms with Crippen LogP contribution in [-0.2, 0) is 4.79 Å². The van der Waals surface area contributed by atoms with E-state index in [2.05, 4.69) is 20.5 Å². The quantitative estimate of drug-likeness (QED) is 0.572. The third kappa shape index (κ3) is 3.24. The highest BCUT2D eigenvalue weighted by molar-refractivity contribution is 7.99. The maximum Gasteiger partial charge on any atom is 0.234 e. The van der Waals surface area contributed by atoms with Crippen LogP contribution in [0.2, 0.25) is 0 Å². The summed E-state index contributed by atoms with van der Waals surface area (Å²) in [5.74, 6) is 0.120. The minimum Gasteiger partial charge on any atom is -0.397 e. The molecule has 1 amide bonds. The second-order valence-corrected chi connectivity index (χ2v) is 4.68. The summed E-state index contributed by atoms with van der Waals surface area (Å²) in [6, 6.07) is 5.51. The molecule has 0 aliphatic carbocycles. The van der Waals surface area contributed by atoms with E-state index in [1.165, 1.54) is 18.1 Å². The van der Waals surface area contributed by atoms with E-state index in [9.17, 15) is 4.79 Å². The topological polar surface area (TPSA) is 96.7 Å². The summed E-state index contributed by atoms with van der Waals surface area (Å²) in [6.45, 7) is 1.95. The van der Waals surface area contributed by atoms with Crippen LogP contribution in [0.3, 0.4) is 0 Å². The van der Waals surface area contributed by atoms with E-state index in [-0.39, 0.29) is 11.7 Å². The van der Waals surface area contributed by atoms with Crippen LogP contribution in [-0.4, -0.2) is 26.8 Å². The van der Waals surface area contributed by atoms with Gasteiger partial charge < -0.3 is 11.1 Å². The average molecular weight is 263 g/mol. The largest absolute Gasteiger partial charge is 0.397 e. The predicted molar refractivity (Wildman–Crippen MR) is 71.3 cm³/mol. The number of hydrogen-bond acceptors (Lipinski definition) is 5. The summed E-state index contributed by atoms with van der Waals surface area (Å²) < 4.78 is 0. The lowest BCUT2D eigenvalue weighted by atomic mass is 10.2. The summed E-state index contributed by atoms with van der Waals surface area (Å²) >= 11 is 1.28. The number of anilines is 2. The molecule has 0 saturated heterocycles. The molecule has 1 aromatic heterocycles. The first-order valence-corrected chi connectivity index (χ1v) is 6.28. The number of nitrogens with one attached hydrogen (secondary N) is 2. The van der Waals surface area contributed by atoms with Crippen molar-refractivity contribution in [3.8, 4) is 0 Å². The van der Waals surface area contributed by atoms with Crippen LogP contribution in [0.5, 0.6) is 0 Å². The number of aryl methyl sites for hydroxylation is 1. The number of aromatic nitrogens is 3. The van der Waals surface area contributed by atoms with E-state index >= 15 is 0 Å². The first kappa shape index (κ1) is 12.4. The molecule has 94 valence electrons. The fraction of sp³-hybridized carbons (Fsp3) is 0.182. The van der Waals surface area contributed by atoms with Crippen molar-refractivity contribution >= 4 is 29.0 Å². The third-order valence-electron chi connectivity index (χ3n) is 2.21. The third-order valence-corrected chi connectivity index (χ3v) is 3.09. The summed E-state index contributed by atoms with van der Waals surface area (Å²) in [5, 5.41) is 9.74. The lowest BCUT2D eigenvalue weighted by molar-refractivity contribution is -0.113. The maximum absolute atomic E-state index is 11.7. The number of nitrogen functional groups attached to an aromatic ring is 1. The van der Waals surface area contributed by atoms with Crippen LogP contribution in [0.25, 0.3) is 0 Å². The minimum absolute atomic E-state index is 0.132. The number of rotatable bonds is 4. The Labute approximate surface area is 108 Å². The van der Waals surface area contributed by atoms with Crippen molar-refractivity contribution in [2.75, 3.05) is 16.8 Å². The van der Waals surface area contributed by atoms with Crippen LogP contribution >= 0.6 is 11.8 Å². The molecule has 0 atom stereocenters. The molecule has 6 nitrogen and oxygen atoms in total. The van der Waals surface area contributed by atoms with Crippen molar-refractivity contribution < 1.29 is 4.79 Å². The van der Waals surface area contributed by atoms with Gasteiger partial charge in [0.25, 0.3) is 0 Å². The maximum atomic E-state index is 11.7. The Morgan fingerprint density at radius 3 is 3.06 bits per heavy atom. The molecule has 7 heteroatoms. The minimum atomic E-state index is -0.132. The standard InChI is InChI=1S/C11H13N5OS/c1-7-2-3-9(8(12)4-7)15-10(17)5-18-11-13-6-14-16-11/h2-4,6H,5,12H2,1H3,(H,15,17)(H,13,14,16). The van der Waals surface area contributed by atoms with Gasteiger partial charge in [-0.25, -0.2) is 4.98 Å². The van der Waals surface area contributed by atoms with Gasteiger partial charge in [-0.2, -0.15) is 5.10 Å². The van der Waals surface area contributed by atoms with E-state index in [0.717, 1.165) is 5.56 Å². The number of H-pyrrole nitrogens is 1. The highest BCUT2D eigenvalue weighted by atomic mass is 32.2.